The van der Waals surface area contributed by atoms with Crippen molar-refractivity contribution >= 4 is 22.5 Å². The predicted molar refractivity (Wildman–Crippen MR) is 95.7 cm³/mol. The summed E-state index contributed by atoms with van der Waals surface area (Å²) >= 11 is 0. The number of ether oxygens (including phenoxy) is 1. The first-order valence-electron chi connectivity index (χ1n) is 7.89. The van der Waals surface area contributed by atoms with Gasteiger partial charge in [0.2, 0.25) is 0 Å². The maximum atomic E-state index is 14.0. The van der Waals surface area contributed by atoms with Gasteiger partial charge in [-0.25, -0.2) is 23.4 Å². The molecule has 0 aliphatic heterocycles. The van der Waals surface area contributed by atoms with Crippen molar-refractivity contribution in [1.29, 1.82) is 0 Å². The van der Waals surface area contributed by atoms with Crippen molar-refractivity contribution in [2.45, 2.75) is 0 Å². The molecule has 0 amide bonds. The largest absolute Gasteiger partial charge is 0.492 e. The average molecular weight is 369 g/mol. The standard InChI is InChI=1S/C18H13F2N5O2/c1-27-17-12(20)3-2-4-13(17)25-14-7-16(22-9-11(14)18(26)24-25)23-15-6-5-10(19)8-21-15/h2-9H,1H3,(H,24,26)(H,21,22,23). The monoisotopic (exact) mass is 369 g/mol. The molecular formula is C18H13F2N5O2. The number of para-hydroxylation sites is 1. The van der Waals surface area contributed by atoms with Gasteiger partial charge in [-0.2, -0.15) is 0 Å². The number of aromatic amines is 1. The molecule has 27 heavy (non-hydrogen) atoms. The number of halogens is 2. The van der Waals surface area contributed by atoms with Crippen LogP contribution in [0, 0.1) is 11.6 Å². The molecule has 1 aromatic carbocycles. The Labute approximate surface area is 151 Å². The molecule has 0 aliphatic rings. The molecule has 0 unspecified atom stereocenters. The molecule has 3 aromatic heterocycles. The minimum Gasteiger partial charge on any atom is -0.492 e. The predicted octanol–water partition coefficient (Wildman–Crippen LogP) is 3.14. The van der Waals surface area contributed by atoms with E-state index in [-0.39, 0.29) is 11.3 Å². The maximum absolute atomic E-state index is 14.0. The van der Waals surface area contributed by atoms with Gasteiger partial charge < -0.3 is 10.1 Å². The quantitative estimate of drug-likeness (QED) is 0.577. The number of benzene rings is 1. The molecule has 0 saturated carbocycles. The van der Waals surface area contributed by atoms with E-state index in [0.29, 0.717) is 28.2 Å². The van der Waals surface area contributed by atoms with Crippen LogP contribution in [0.15, 0.2) is 53.6 Å². The number of nitrogens with zero attached hydrogens (tertiary/aromatic N) is 3. The molecule has 7 nitrogen and oxygen atoms in total. The van der Waals surface area contributed by atoms with Gasteiger partial charge in [-0.3, -0.25) is 9.89 Å². The topological polar surface area (TPSA) is 84.8 Å². The fraction of sp³-hybridized carbons (Fsp3) is 0.0556. The second kappa shape index (κ2) is 6.52. The molecule has 2 N–H and O–H groups in total. The van der Waals surface area contributed by atoms with Gasteiger partial charge in [0, 0.05) is 12.3 Å². The molecule has 4 rings (SSSR count). The summed E-state index contributed by atoms with van der Waals surface area (Å²) in [6.45, 7) is 0. The van der Waals surface area contributed by atoms with E-state index in [9.17, 15) is 13.6 Å². The number of aromatic nitrogens is 4. The summed E-state index contributed by atoms with van der Waals surface area (Å²) < 4.78 is 33.6. The van der Waals surface area contributed by atoms with E-state index < -0.39 is 11.6 Å². The number of rotatable bonds is 4. The van der Waals surface area contributed by atoms with Crippen molar-refractivity contribution < 1.29 is 13.5 Å². The molecule has 4 aromatic rings. The molecular weight excluding hydrogens is 356 g/mol. The smallest absolute Gasteiger partial charge is 0.273 e. The van der Waals surface area contributed by atoms with Crippen LogP contribution in [-0.2, 0) is 0 Å². The zero-order chi connectivity index (χ0) is 19.0. The first kappa shape index (κ1) is 16.7. The van der Waals surface area contributed by atoms with Crippen molar-refractivity contribution in [1.82, 2.24) is 19.7 Å². The minimum atomic E-state index is -0.555. The number of hydrogen-bond acceptors (Lipinski definition) is 5. The average Bonchev–Trinajstić information content (AvgIpc) is 2.99. The highest BCUT2D eigenvalue weighted by Crippen LogP contribution is 2.28. The summed E-state index contributed by atoms with van der Waals surface area (Å²) in [6.07, 6.45) is 2.47. The number of nitrogens with one attached hydrogen (secondary N) is 2. The first-order chi connectivity index (χ1) is 13.1. The summed E-state index contributed by atoms with van der Waals surface area (Å²) in [5.74, 6) is -0.250. The van der Waals surface area contributed by atoms with Crippen molar-refractivity contribution in [3.05, 3.63) is 70.8 Å². The highest BCUT2D eigenvalue weighted by Gasteiger charge is 2.16. The van der Waals surface area contributed by atoms with Crippen LogP contribution in [0.3, 0.4) is 0 Å². The highest BCUT2D eigenvalue weighted by atomic mass is 19.1. The van der Waals surface area contributed by atoms with Gasteiger partial charge in [-0.05, 0) is 24.3 Å². The summed E-state index contributed by atoms with van der Waals surface area (Å²) in [5.41, 5.74) is 0.417. The number of hydrogen-bond donors (Lipinski definition) is 2. The van der Waals surface area contributed by atoms with Crippen molar-refractivity contribution in [2.75, 3.05) is 12.4 Å². The van der Waals surface area contributed by atoms with Gasteiger partial charge in [-0.1, -0.05) is 6.07 Å². The Kier molecular flexibility index (Phi) is 4.03. The molecule has 0 aliphatic carbocycles. The number of H-pyrrole nitrogens is 1. The number of anilines is 2. The lowest BCUT2D eigenvalue weighted by Gasteiger charge is -2.11. The summed E-state index contributed by atoms with van der Waals surface area (Å²) in [4.78, 5) is 20.3. The van der Waals surface area contributed by atoms with Crippen LogP contribution in [0.4, 0.5) is 20.4 Å². The van der Waals surface area contributed by atoms with Crippen molar-refractivity contribution in [3.63, 3.8) is 0 Å². The Balaban J connectivity index is 1.84. The molecule has 0 bridgehead atoms. The number of pyridine rings is 2. The van der Waals surface area contributed by atoms with Gasteiger partial charge in [-0.15, -0.1) is 0 Å². The van der Waals surface area contributed by atoms with Crippen LogP contribution in [0.25, 0.3) is 16.6 Å². The molecule has 136 valence electrons. The van der Waals surface area contributed by atoms with Crippen LogP contribution in [0.5, 0.6) is 5.75 Å². The Morgan fingerprint density at radius 2 is 1.93 bits per heavy atom. The molecule has 0 spiro atoms. The molecule has 0 fully saturated rings. The van der Waals surface area contributed by atoms with E-state index in [1.54, 1.807) is 12.1 Å². The van der Waals surface area contributed by atoms with E-state index in [4.69, 9.17) is 4.74 Å². The third kappa shape index (κ3) is 2.99. The summed E-state index contributed by atoms with van der Waals surface area (Å²) in [5, 5.41) is 5.90. The summed E-state index contributed by atoms with van der Waals surface area (Å²) in [7, 11) is 1.35. The molecule has 9 heteroatoms. The Bertz CT molecular complexity index is 1180. The fourth-order valence-corrected chi connectivity index (χ4v) is 2.74. The molecule has 0 saturated heterocycles. The van der Waals surface area contributed by atoms with E-state index in [2.05, 4.69) is 20.4 Å². The van der Waals surface area contributed by atoms with Crippen LogP contribution in [0.2, 0.25) is 0 Å². The highest BCUT2D eigenvalue weighted by molar-refractivity contribution is 5.82. The van der Waals surface area contributed by atoms with Crippen LogP contribution >= 0.6 is 0 Å². The Morgan fingerprint density at radius 3 is 2.67 bits per heavy atom. The minimum absolute atomic E-state index is 0.00262. The Hall–Kier alpha value is -3.75. The molecule has 0 radical (unpaired) electrons. The van der Waals surface area contributed by atoms with E-state index in [1.807, 2.05) is 0 Å². The second-order valence-electron chi connectivity index (χ2n) is 5.64. The van der Waals surface area contributed by atoms with Crippen molar-refractivity contribution in [3.8, 4) is 11.4 Å². The number of fused-ring (bicyclic) bond motifs is 1. The first-order valence-corrected chi connectivity index (χ1v) is 7.89. The third-order valence-corrected chi connectivity index (χ3v) is 3.96. The normalized spacial score (nSPS) is 10.9. The zero-order valence-corrected chi connectivity index (χ0v) is 14.0. The van der Waals surface area contributed by atoms with Crippen LogP contribution in [0.1, 0.15) is 0 Å². The lowest BCUT2D eigenvalue weighted by Crippen LogP contribution is -2.06. The van der Waals surface area contributed by atoms with E-state index in [1.165, 1.54) is 42.3 Å². The van der Waals surface area contributed by atoms with E-state index in [0.717, 1.165) is 6.20 Å². The molecule has 0 atom stereocenters. The zero-order valence-electron chi connectivity index (χ0n) is 14.0. The lowest BCUT2D eigenvalue weighted by molar-refractivity contribution is 0.384. The lowest BCUT2D eigenvalue weighted by atomic mass is 10.2. The van der Waals surface area contributed by atoms with E-state index >= 15 is 0 Å². The van der Waals surface area contributed by atoms with Gasteiger partial charge in [0.1, 0.15) is 23.1 Å². The maximum Gasteiger partial charge on any atom is 0.273 e. The second-order valence-corrected chi connectivity index (χ2v) is 5.64. The molecule has 3 heterocycles. The Morgan fingerprint density at radius 1 is 1.11 bits per heavy atom. The van der Waals surface area contributed by atoms with Gasteiger partial charge in [0.05, 0.1) is 24.2 Å². The van der Waals surface area contributed by atoms with Crippen LogP contribution < -0.4 is 15.6 Å². The van der Waals surface area contributed by atoms with Crippen molar-refractivity contribution in [2.24, 2.45) is 0 Å². The summed E-state index contributed by atoms with van der Waals surface area (Å²) in [6, 6.07) is 8.72. The van der Waals surface area contributed by atoms with Crippen LogP contribution in [-0.4, -0.2) is 26.9 Å². The van der Waals surface area contributed by atoms with Gasteiger partial charge in [0.25, 0.3) is 5.56 Å². The van der Waals surface area contributed by atoms with Gasteiger partial charge in [0.15, 0.2) is 11.6 Å². The third-order valence-electron chi connectivity index (χ3n) is 3.96. The fourth-order valence-electron chi connectivity index (χ4n) is 2.74. The number of methoxy groups -OCH3 is 1. The SMILES string of the molecule is COc1c(F)cccc1-n1[nH]c(=O)c2cnc(Nc3ccc(F)cn3)cc21. The van der Waals surface area contributed by atoms with Gasteiger partial charge >= 0.3 is 0 Å².